The molecule has 0 aromatic heterocycles. The summed E-state index contributed by atoms with van der Waals surface area (Å²) in [4.78, 5) is 0. The Hall–Kier alpha value is 0.0500. The molecule has 0 aliphatic heterocycles. The van der Waals surface area contributed by atoms with Gasteiger partial charge in [-0.25, -0.2) is 4.39 Å². The van der Waals surface area contributed by atoms with Gasteiger partial charge >= 0.3 is 12.1 Å². The third-order valence-electron chi connectivity index (χ3n) is 0.668. The van der Waals surface area contributed by atoms with Crippen molar-refractivity contribution in [3.63, 3.8) is 0 Å². The van der Waals surface area contributed by atoms with Crippen molar-refractivity contribution >= 4 is 22.6 Å². The number of hydrogen-bond acceptors (Lipinski definition) is 0. The Labute approximate surface area is 71.4 Å². The fraction of sp³-hybridized carbons (Fsp3) is 0.500. The number of alkyl halides is 5. The normalized spacial score (nSPS) is 15.4. The van der Waals surface area contributed by atoms with Gasteiger partial charge in [-0.2, -0.15) is 22.0 Å². The monoisotopic (exact) mass is 290 g/mol. The van der Waals surface area contributed by atoms with Gasteiger partial charge in [0, 0.05) is 6.08 Å². The van der Waals surface area contributed by atoms with E-state index in [0.29, 0.717) is 0 Å². The lowest BCUT2D eigenvalue weighted by Gasteiger charge is -2.14. The van der Waals surface area contributed by atoms with Crippen LogP contribution in [0.25, 0.3) is 0 Å². The van der Waals surface area contributed by atoms with Crippen LogP contribution < -0.4 is 0 Å². The standard InChI is InChI=1S/C4HF6I/c5-2(11)1-3(6,7)4(8,9)10/h1H. The molecule has 0 aromatic carbocycles. The van der Waals surface area contributed by atoms with Crippen LogP contribution in [0.4, 0.5) is 26.3 Å². The SMILES string of the molecule is FC(I)=CC(F)(F)C(F)(F)F. The van der Waals surface area contributed by atoms with Gasteiger partial charge in [0.05, 0.1) is 0 Å². The van der Waals surface area contributed by atoms with Gasteiger partial charge < -0.3 is 0 Å². The van der Waals surface area contributed by atoms with E-state index in [4.69, 9.17) is 0 Å². The van der Waals surface area contributed by atoms with E-state index in [1.807, 2.05) is 0 Å². The average molecular weight is 290 g/mol. The lowest BCUT2D eigenvalue weighted by Crippen LogP contribution is -2.34. The Morgan fingerprint density at radius 2 is 1.45 bits per heavy atom. The molecule has 0 bridgehead atoms. The number of halogens is 7. The highest BCUT2D eigenvalue weighted by Crippen LogP contribution is 2.37. The molecule has 0 aliphatic carbocycles. The molecule has 7 heteroatoms. The summed E-state index contributed by atoms with van der Waals surface area (Å²) in [7, 11) is 0. The zero-order chi connectivity index (χ0) is 9.28. The molecule has 0 unspecified atom stereocenters. The van der Waals surface area contributed by atoms with Gasteiger partial charge in [0.15, 0.2) is 3.83 Å². The Morgan fingerprint density at radius 3 is 1.55 bits per heavy atom. The van der Waals surface area contributed by atoms with Crippen LogP contribution in [0.1, 0.15) is 0 Å². The highest BCUT2D eigenvalue weighted by atomic mass is 127. The maximum Gasteiger partial charge on any atom is 0.457 e. The Morgan fingerprint density at radius 1 is 1.09 bits per heavy atom. The molecule has 0 heterocycles. The molecule has 0 fully saturated rings. The van der Waals surface area contributed by atoms with Crippen molar-refractivity contribution in [2.75, 3.05) is 0 Å². The summed E-state index contributed by atoms with van der Waals surface area (Å²) in [6.45, 7) is 0. The second kappa shape index (κ2) is 3.20. The van der Waals surface area contributed by atoms with Crippen molar-refractivity contribution in [1.29, 1.82) is 0 Å². The van der Waals surface area contributed by atoms with Crippen LogP contribution >= 0.6 is 22.6 Å². The lowest BCUT2D eigenvalue weighted by atomic mass is 10.3. The minimum atomic E-state index is -5.73. The van der Waals surface area contributed by atoms with Crippen LogP contribution in [0, 0.1) is 0 Å². The van der Waals surface area contributed by atoms with Crippen LogP contribution in [0.5, 0.6) is 0 Å². The van der Waals surface area contributed by atoms with Crippen molar-refractivity contribution in [2.24, 2.45) is 0 Å². The molecule has 0 N–H and O–H groups in total. The molecule has 0 nitrogen and oxygen atoms in total. The molecule has 11 heavy (non-hydrogen) atoms. The average Bonchev–Trinajstić information content (AvgIpc) is 1.56. The summed E-state index contributed by atoms with van der Waals surface area (Å²) in [6, 6.07) is 0. The molecule has 0 saturated heterocycles. The smallest absolute Gasteiger partial charge is 0.200 e. The van der Waals surface area contributed by atoms with Crippen LogP contribution in [0.15, 0.2) is 9.91 Å². The minimum Gasteiger partial charge on any atom is -0.200 e. The first-order valence-electron chi connectivity index (χ1n) is 2.15. The molecule has 0 atom stereocenters. The molecule has 0 aliphatic rings. The second-order valence-electron chi connectivity index (χ2n) is 1.55. The highest BCUT2D eigenvalue weighted by Gasteiger charge is 2.56. The summed E-state index contributed by atoms with van der Waals surface area (Å²) < 4.78 is 67.2. The maximum atomic E-state index is 11.7. The van der Waals surface area contributed by atoms with Crippen molar-refractivity contribution in [2.45, 2.75) is 12.1 Å². The van der Waals surface area contributed by atoms with E-state index in [9.17, 15) is 26.3 Å². The molecule has 66 valence electrons. The van der Waals surface area contributed by atoms with E-state index in [-0.39, 0.29) is 0 Å². The Bertz CT molecular complexity index is 164. The molecule has 0 rings (SSSR count). The van der Waals surface area contributed by atoms with Gasteiger partial charge in [-0.05, 0) is 22.6 Å². The van der Waals surface area contributed by atoms with Gasteiger partial charge in [-0.1, -0.05) is 0 Å². The van der Waals surface area contributed by atoms with Crippen molar-refractivity contribution < 1.29 is 26.3 Å². The first-order chi connectivity index (χ1) is 4.67. The van der Waals surface area contributed by atoms with E-state index in [2.05, 4.69) is 0 Å². The lowest BCUT2D eigenvalue weighted by molar-refractivity contribution is -0.259. The highest BCUT2D eigenvalue weighted by molar-refractivity contribution is 14.1. The molecule has 0 amide bonds. The van der Waals surface area contributed by atoms with Gasteiger partial charge in [0.2, 0.25) is 0 Å². The summed E-state index contributed by atoms with van der Waals surface area (Å²) in [5.74, 6) is -5.09. The quantitative estimate of drug-likeness (QED) is 0.512. The van der Waals surface area contributed by atoms with E-state index in [1.165, 1.54) is 0 Å². The van der Waals surface area contributed by atoms with Crippen LogP contribution in [-0.4, -0.2) is 12.1 Å². The summed E-state index contributed by atoms with van der Waals surface area (Å²) >= 11 is 0.722. The van der Waals surface area contributed by atoms with Gasteiger partial charge in [-0.3, -0.25) is 0 Å². The molecule has 0 radical (unpaired) electrons. The third-order valence-corrected chi connectivity index (χ3v) is 0.980. The van der Waals surface area contributed by atoms with E-state index in [1.54, 1.807) is 0 Å². The predicted molar refractivity (Wildman–Crippen MR) is 34.2 cm³/mol. The first-order valence-corrected chi connectivity index (χ1v) is 3.23. The maximum absolute atomic E-state index is 11.7. The topological polar surface area (TPSA) is 0 Å². The van der Waals surface area contributed by atoms with Crippen molar-refractivity contribution in [1.82, 2.24) is 0 Å². The van der Waals surface area contributed by atoms with Crippen LogP contribution in [-0.2, 0) is 0 Å². The Kier molecular flexibility index (Phi) is 3.21. The number of allylic oxidation sites excluding steroid dienone is 1. The second-order valence-corrected chi connectivity index (χ2v) is 2.59. The van der Waals surface area contributed by atoms with Crippen LogP contribution in [0.2, 0.25) is 0 Å². The third kappa shape index (κ3) is 3.30. The fourth-order valence-electron chi connectivity index (χ4n) is 0.219. The van der Waals surface area contributed by atoms with E-state index < -0.39 is 22.0 Å². The summed E-state index contributed by atoms with van der Waals surface area (Å²) in [6.07, 6.45) is -6.51. The molecule has 0 aromatic rings. The summed E-state index contributed by atoms with van der Waals surface area (Å²) in [5, 5.41) is 0. The first kappa shape index (κ1) is 11.1. The minimum absolute atomic E-state index is 0.722. The number of hydrogen-bond donors (Lipinski definition) is 0. The largest absolute Gasteiger partial charge is 0.457 e. The van der Waals surface area contributed by atoms with E-state index in [0.717, 1.165) is 22.6 Å². The zero-order valence-corrected chi connectivity index (χ0v) is 6.88. The predicted octanol–water partition coefficient (Wildman–Crippen LogP) is 3.43. The van der Waals surface area contributed by atoms with Crippen molar-refractivity contribution in [3.8, 4) is 0 Å². The van der Waals surface area contributed by atoms with Crippen molar-refractivity contribution in [3.05, 3.63) is 9.91 Å². The molecule has 0 spiro atoms. The zero-order valence-electron chi connectivity index (χ0n) is 4.72. The molecular weight excluding hydrogens is 289 g/mol. The van der Waals surface area contributed by atoms with Gasteiger partial charge in [-0.15, -0.1) is 0 Å². The van der Waals surface area contributed by atoms with E-state index >= 15 is 0 Å². The molecular formula is C4HF6I. The summed E-state index contributed by atoms with van der Waals surface area (Å²) in [5.41, 5.74) is 0. The Balaban J connectivity index is 4.61. The fourth-order valence-corrected chi connectivity index (χ4v) is 0.610. The van der Waals surface area contributed by atoms with Gasteiger partial charge in [0.25, 0.3) is 0 Å². The molecule has 0 saturated carbocycles. The van der Waals surface area contributed by atoms with Crippen LogP contribution in [0.3, 0.4) is 0 Å². The van der Waals surface area contributed by atoms with Gasteiger partial charge in [0.1, 0.15) is 0 Å². The number of rotatable bonds is 1.